The number of hydrogen-bond donors (Lipinski definition) is 1. The quantitative estimate of drug-likeness (QED) is 0.532. The minimum absolute atomic E-state index is 0. The molecule has 4 nitrogen and oxygen atoms in total. The van der Waals surface area contributed by atoms with Crippen molar-refractivity contribution in [1.29, 1.82) is 0 Å². The molecule has 2 heterocycles. The molecule has 1 saturated carbocycles. The van der Waals surface area contributed by atoms with Crippen molar-refractivity contribution in [2.24, 2.45) is 0 Å². The zero-order valence-corrected chi connectivity index (χ0v) is 17.6. The lowest BCUT2D eigenvalue weighted by Crippen LogP contribution is -2.19. The maximum Gasteiger partial charge on any atom is 0.142 e. The molecule has 3 aromatic rings. The SMILES string of the molecule is Cl.c1nc(Nc2ccc(OC3CCCCC3)cc2)c2c3c(sc2n1)CCCC3. The molecule has 148 valence electrons. The molecule has 0 spiro atoms. The van der Waals surface area contributed by atoms with Gasteiger partial charge in [-0.15, -0.1) is 23.7 Å². The van der Waals surface area contributed by atoms with Crippen molar-refractivity contribution in [3.8, 4) is 5.75 Å². The first kappa shape index (κ1) is 19.5. The second kappa shape index (κ2) is 8.66. The highest BCUT2D eigenvalue weighted by atomic mass is 35.5. The van der Waals surface area contributed by atoms with Crippen LogP contribution in [0.25, 0.3) is 10.2 Å². The Morgan fingerprint density at radius 1 is 0.929 bits per heavy atom. The van der Waals surface area contributed by atoms with E-state index in [2.05, 4.69) is 39.6 Å². The van der Waals surface area contributed by atoms with Crippen LogP contribution in [0.1, 0.15) is 55.4 Å². The van der Waals surface area contributed by atoms with Gasteiger partial charge in [-0.2, -0.15) is 0 Å². The zero-order chi connectivity index (χ0) is 18.1. The third-order valence-electron chi connectivity index (χ3n) is 5.72. The second-order valence-electron chi connectivity index (χ2n) is 7.64. The van der Waals surface area contributed by atoms with Crippen LogP contribution in [0.4, 0.5) is 11.5 Å². The normalized spacial score (nSPS) is 17.0. The van der Waals surface area contributed by atoms with E-state index in [4.69, 9.17) is 4.74 Å². The number of nitrogens with one attached hydrogen (secondary N) is 1. The van der Waals surface area contributed by atoms with Crippen LogP contribution in [0, 0.1) is 0 Å². The molecule has 0 radical (unpaired) electrons. The van der Waals surface area contributed by atoms with E-state index in [0.717, 1.165) is 28.5 Å². The van der Waals surface area contributed by atoms with E-state index in [1.165, 1.54) is 67.2 Å². The molecule has 0 aliphatic heterocycles. The van der Waals surface area contributed by atoms with Crippen LogP contribution in [0.2, 0.25) is 0 Å². The van der Waals surface area contributed by atoms with E-state index >= 15 is 0 Å². The molecule has 6 heteroatoms. The number of halogens is 1. The van der Waals surface area contributed by atoms with Gasteiger partial charge >= 0.3 is 0 Å². The van der Waals surface area contributed by atoms with E-state index < -0.39 is 0 Å². The van der Waals surface area contributed by atoms with Gasteiger partial charge in [-0.3, -0.25) is 0 Å². The average molecular weight is 416 g/mol. The van der Waals surface area contributed by atoms with E-state index in [-0.39, 0.29) is 12.4 Å². The van der Waals surface area contributed by atoms with Gasteiger partial charge in [0, 0.05) is 10.6 Å². The Hall–Kier alpha value is -1.85. The summed E-state index contributed by atoms with van der Waals surface area (Å²) in [7, 11) is 0. The summed E-state index contributed by atoms with van der Waals surface area (Å²) in [5, 5.41) is 4.74. The Morgan fingerprint density at radius 2 is 1.71 bits per heavy atom. The standard InChI is InChI=1S/C22H25N3OS.ClH/c1-2-6-16(7-3-1)26-17-12-10-15(11-13-17)25-21-20-18-8-4-5-9-19(18)27-22(20)24-14-23-21;/h10-14,16H,1-9H2,(H,23,24,25);1H. The van der Waals surface area contributed by atoms with Crippen molar-refractivity contribution in [3.05, 3.63) is 41.0 Å². The lowest BCUT2D eigenvalue weighted by atomic mass is 9.97. The van der Waals surface area contributed by atoms with Gasteiger partial charge in [-0.05, 0) is 81.2 Å². The Labute approximate surface area is 176 Å². The molecule has 28 heavy (non-hydrogen) atoms. The van der Waals surface area contributed by atoms with Gasteiger partial charge in [-0.1, -0.05) is 6.42 Å². The molecule has 2 aromatic heterocycles. The van der Waals surface area contributed by atoms with E-state index in [1.54, 1.807) is 6.33 Å². The first-order valence-corrected chi connectivity index (χ1v) is 11.0. The highest BCUT2D eigenvalue weighted by molar-refractivity contribution is 7.19. The average Bonchev–Trinajstić information content (AvgIpc) is 3.10. The molecule has 0 atom stereocenters. The molecule has 0 saturated heterocycles. The lowest BCUT2D eigenvalue weighted by molar-refractivity contribution is 0.155. The van der Waals surface area contributed by atoms with Crippen molar-refractivity contribution in [3.63, 3.8) is 0 Å². The van der Waals surface area contributed by atoms with Crippen molar-refractivity contribution >= 4 is 45.5 Å². The summed E-state index contributed by atoms with van der Waals surface area (Å²) in [5.41, 5.74) is 2.50. The van der Waals surface area contributed by atoms with Crippen LogP contribution < -0.4 is 10.1 Å². The predicted molar refractivity (Wildman–Crippen MR) is 119 cm³/mol. The van der Waals surface area contributed by atoms with Gasteiger partial charge < -0.3 is 10.1 Å². The Morgan fingerprint density at radius 3 is 2.54 bits per heavy atom. The van der Waals surface area contributed by atoms with Crippen LogP contribution >= 0.6 is 23.7 Å². The molecule has 0 unspecified atom stereocenters. The summed E-state index contributed by atoms with van der Waals surface area (Å²) >= 11 is 1.84. The Balaban J connectivity index is 0.00000192. The molecule has 1 fully saturated rings. The third kappa shape index (κ3) is 3.96. The molecule has 2 aliphatic rings. The van der Waals surface area contributed by atoms with Crippen LogP contribution in [0.5, 0.6) is 5.75 Å². The van der Waals surface area contributed by atoms with Gasteiger partial charge in [0.2, 0.25) is 0 Å². The van der Waals surface area contributed by atoms with Crippen molar-refractivity contribution < 1.29 is 4.74 Å². The topological polar surface area (TPSA) is 47.0 Å². The van der Waals surface area contributed by atoms with Gasteiger partial charge in [0.15, 0.2) is 0 Å². The van der Waals surface area contributed by atoms with Crippen LogP contribution in [-0.4, -0.2) is 16.1 Å². The smallest absolute Gasteiger partial charge is 0.142 e. The third-order valence-corrected chi connectivity index (χ3v) is 6.92. The maximum absolute atomic E-state index is 6.14. The second-order valence-corrected chi connectivity index (χ2v) is 8.72. The van der Waals surface area contributed by atoms with E-state index in [1.807, 2.05) is 11.3 Å². The molecule has 2 aliphatic carbocycles. The number of ether oxygens (including phenoxy) is 1. The molecule has 0 amide bonds. The summed E-state index contributed by atoms with van der Waals surface area (Å²) in [5.74, 6) is 1.90. The highest BCUT2D eigenvalue weighted by Crippen LogP contribution is 2.39. The van der Waals surface area contributed by atoms with Crippen LogP contribution in [0.3, 0.4) is 0 Å². The highest BCUT2D eigenvalue weighted by Gasteiger charge is 2.20. The molecular weight excluding hydrogens is 390 g/mol. The number of aromatic nitrogens is 2. The fourth-order valence-corrected chi connectivity index (χ4v) is 5.54. The zero-order valence-electron chi connectivity index (χ0n) is 15.9. The number of hydrogen-bond acceptors (Lipinski definition) is 5. The summed E-state index contributed by atoms with van der Waals surface area (Å²) in [6, 6.07) is 8.31. The number of benzene rings is 1. The van der Waals surface area contributed by atoms with E-state index in [0.29, 0.717) is 6.10 Å². The van der Waals surface area contributed by atoms with Gasteiger partial charge in [-0.25, -0.2) is 9.97 Å². The number of aryl methyl sites for hydroxylation is 2. The minimum Gasteiger partial charge on any atom is -0.490 e. The molecule has 5 rings (SSSR count). The van der Waals surface area contributed by atoms with Crippen LogP contribution in [0.15, 0.2) is 30.6 Å². The summed E-state index contributed by atoms with van der Waals surface area (Å²) in [6.45, 7) is 0. The van der Waals surface area contributed by atoms with Gasteiger partial charge in [0.25, 0.3) is 0 Å². The van der Waals surface area contributed by atoms with Crippen molar-refractivity contribution in [2.75, 3.05) is 5.32 Å². The first-order chi connectivity index (χ1) is 13.4. The number of rotatable bonds is 4. The Kier molecular flexibility index (Phi) is 6.02. The summed E-state index contributed by atoms with van der Waals surface area (Å²) in [6.07, 6.45) is 13.2. The van der Waals surface area contributed by atoms with E-state index in [9.17, 15) is 0 Å². The monoisotopic (exact) mass is 415 g/mol. The first-order valence-electron chi connectivity index (χ1n) is 10.2. The fourth-order valence-electron chi connectivity index (χ4n) is 4.31. The number of thiophene rings is 1. The van der Waals surface area contributed by atoms with Crippen LogP contribution in [-0.2, 0) is 12.8 Å². The number of fused-ring (bicyclic) bond motifs is 3. The predicted octanol–water partition coefficient (Wildman–Crippen LogP) is 6.45. The van der Waals surface area contributed by atoms with Crippen molar-refractivity contribution in [2.45, 2.75) is 63.9 Å². The molecule has 1 N–H and O–H groups in total. The van der Waals surface area contributed by atoms with Crippen molar-refractivity contribution in [1.82, 2.24) is 9.97 Å². The maximum atomic E-state index is 6.14. The summed E-state index contributed by atoms with van der Waals surface area (Å²) < 4.78 is 6.14. The Bertz CT molecular complexity index is 935. The lowest BCUT2D eigenvalue weighted by Gasteiger charge is -2.23. The summed E-state index contributed by atoms with van der Waals surface area (Å²) in [4.78, 5) is 11.7. The van der Waals surface area contributed by atoms with Gasteiger partial charge in [0.1, 0.15) is 22.7 Å². The molecule has 0 bridgehead atoms. The van der Waals surface area contributed by atoms with Gasteiger partial charge in [0.05, 0.1) is 11.5 Å². The largest absolute Gasteiger partial charge is 0.490 e. The molecule has 1 aromatic carbocycles. The number of nitrogens with zero attached hydrogens (tertiary/aromatic N) is 2. The minimum atomic E-state index is 0. The number of anilines is 2. The fraction of sp³-hybridized carbons (Fsp3) is 0.455. The molecular formula is C22H26ClN3OS.